The van der Waals surface area contributed by atoms with Crippen LogP contribution >= 0.6 is 0 Å². The Bertz CT molecular complexity index is 73.7. The Morgan fingerprint density at radius 1 is 2.00 bits per heavy atom. The van der Waals surface area contributed by atoms with E-state index in [1.54, 1.807) is 0 Å². The molecule has 5 heavy (non-hydrogen) atoms. The van der Waals surface area contributed by atoms with E-state index in [0.29, 0.717) is 0 Å². The lowest BCUT2D eigenvalue weighted by Gasteiger charge is -1.45. The van der Waals surface area contributed by atoms with Gasteiger partial charge < -0.3 is 0 Å². The predicted molar refractivity (Wildman–Crippen MR) is 20.8 cm³/mol. The molecule has 0 saturated heterocycles. The van der Waals surface area contributed by atoms with E-state index in [1.807, 2.05) is 0 Å². The van der Waals surface area contributed by atoms with E-state index in [-0.39, 0.29) is 11.5 Å². The maximum atomic E-state index is 9.21. The normalized spacial score (nSPS) is 5.60. The quantitative estimate of drug-likeness (QED) is 0.460. The van der Waals surface area contributed by atoms with Gasteiger partial charge in [0.05, 0.1) is 0 Å². The van der Waals surface area contributed by atoms with Crippen LogP contribution in [0.3, 0.4) is 0 Å². The lowest BCUT2D eigenvalue weighted by Crippen LogP contribution is -1.32. The fraction of sp³-hybridized carbons (Fsp3) is 0. The minimum Gasteiger partial charge on any atom is -0.191 e. The molecule has 0 bridgehead atoms. The van der Waals surface area contributed by atoms with Crippen molar-refractivity contribution in [1.82, 2.24) is 0 Å². The SMILES string of the molecule is C=CN=S=O. The summed E-state index contributed by atoms with van der Waals surface area (Å²) in [6, 6.07) is 0. The number of hydrogen-bond donors (Lipinski definition) is 0. The highest BCUT2D eigenvalue weighted by Gasteiger charge is 1.39. The van der Waals surface area contributed by atoms with Crippen molar-refractivity contribution in [2.75, 3.05) is 0 Å². The van der Waals surface area contributed by atoms with Gasteiger partial charge in [0.2, 0.25) is 11.5 Å². The molecule has 0 rings (SSSR count). The van der Waals surface area contributed by atoms with E-state index in [0.717, 1.165) is 0 Å². The lowest BCUT2D eigenvalue weighted by molar-refractivity contribution is 0.698. The molecule has 0 radical (unpaired) electrons. The first-order valence-corrected chi connectivity index (χ1v) is 1.71. The molecule has 0 atom stereocenters. The highest BCUT2D eigenvalue weighted by Crippen LogP contribution is 1.55. The van der Waals surface area contributed by atoms with Gasteiger partial charge in [-0.25, -0.2) is 0 Å². The van der Waals surface area contributed by atoms with Crippen molar-refractivity contribution in [1.29, 1.82) is 0 Å². The molecule has 0 aromatic heterocycles. The van der Waals surface area contributed by atoms with Gasteiger partial charge >= 0.3 is 0 Å². The molecule has 0 fully saturated rings. The summed E-state index contributed by atoms with van der Waals surface area (Å²) in [5, 5.41) is 0. The van der Waals surface area contributed by atoms with Crippen LogP contribution in [0.5, 0.6) is 0 Å². The van der Waals surface area contributed by atoms with Crippen LogP contribution in [0.15, 0.2) is 17.1 Å². The average Bonchev–Trinajstić information content (AvgIpc) is 1.41. The van der Waals surface area contributed by atoms with E-state index in [9.17, 15) is 4.21 Å². The first kappa shape index (κ1) is 4.56. The second-order valence-corrected chi connectivity index (χ2v) is 0.722. The van der Waals surface area contributed by atoms with Crippen LogP contribution < -0.4 is 0 Å². The largest absolute Gasteiger partial charge is 0.204 e. The second kappa shape index (κ2) is 3.56. The summed E-state index contributed by atoms with van der Waals surface area (Å²) in [6.07, 6.45) is 1.21. The topological polar surface area (TPSA) is 29.4 Å². The minimum absolute atomic E-state index is 0.159. The molecule has 0 unspecified atom stereocenters. The third-order valence-corrected chi connectivity index (χ3v) is 0.353. The van der Waals surface area contributed by atoms with Crippen LogP contribution in [-0.4, -0.2) is 4.21 Å². The molecule has 0 aliphatic carbocycles. The molecular weight excluding hydrogens is 86.1 g/mol. The van der Waals surface area contributed by atoms with Crippen LogP contribution in [0, 0.1) is 0 Å². The zero-order valence-corrected chi connectivity index (χ0v) is 3.36. The van der Waals surface area contributed by atoms with Crippen molar-refractivity contribution in [3.8, 4) is 0 Å². The molecular formula is C2H3NOS. The standard InChI is InChI=1S/C2H3NOS/c1-2-3-5-4/h2H,1H2. The average molecular weight is 89.1 g/mol. The minimum atomic E-state index is 0.159. The van der Waals surface area contributed by atoms with E-state index < -0.39 is 0 Å². The van der Waals surface area contributed by atoms with Gasteiger partial charge in [-0.3, -0.25) is 0 Å². The monoisotopic (exact) mass is 89.0 g/mol. The summed E-state index contributed by atoms with van der Waals surface area (Å²) in [4.78, 5) is 0. The summed E-state index contributed by atoms with van der Waals surface area (Å²) in [5.74, 6) is 0. The molecule has 0 aliphatic heterocycles. The molecule has 3 heteroatoms. The fourth-order valence-corrected chi connectivity index (χ4v) is 0.0913. The van der Waals surface area contributed by atoms with Crippen molar-refractivity contribution in [2.24, 2.45) is 4.36 Å². The van der Waals surface area contributed by atoms with Crippen molar-refractivity contribution in [3.63, 3.8) is 0 Å². The molecule has 0 spiro atoms. The number of nitrogens with zero attached hydrogens (tertiary/aromatic N) is 1. The van der Waals surface area contributed by atoms with Gasteiger partial charge in [-0.05, 0) is 0 Å². The van der Waals surface area contributed by atoms with Gasteiger partial charge in [0.1, 0.15) is 0 Å². The van der Waals surface area contributed by atoms with Crippen molar-refractivity contribution in [2.45, 2.75) is 0 Å². The highest BCUT2D eigenvalue weighted by molar-refractivity contribution is 7.54. The van der Waals surface area contributed by atoms with Gasteiger partial charge in [-0.2, -0.15) is 8.57 Å². The third-order valence-electron chi connectivity index (χ3n) is 0.118. The Hall–Kier alpha value is -0.440. The van der Waals surface area contributed by atoms with Crippen molar-refractivity contribution < 1.29 is 4.21 Å². The molecule has 2 nitrogen and oxygen atoms in total. The third kappa shape index (κ3) is 3.56. The molecule has 0 aliphatic rings. The maximum absolute atomic E-state index is 9.21. The van der Waals surface area contributed by atoms with Crippen LogP contribution in [0.1, 0.15) is 0 Å². The molecule has 0 heterocycles. The zero-order valence-electron chi connectivity index (χ0n) is 2.55. The van der Waals surface area contributed by atoms with Gasteiger partial charge in [0.25, 0.3) is 0 Å². The first-order valence-electron chi connectivity index (χ1n) is 1.02. The molecule has 28 valence electrons. The summed E-state index contributed by atoms with van der Waals surface area (Å²) in [6.45, 7) is 3.16. The molecule has 0 saturated carbocycles. The maximum Gasteiger partial charge on any atom is 0.204 e. The summed E-state index contributed by atoms with van der Waals surface area (Å²) in [5.41, 5.74) is 0. The summed E-state index contributed by atoms with van der Waals surface area (Å²) >= 11 is 0.159. The van der Waals surface area contributed by atoms with Crippen LogP contribution in [0.2, 0.25) is 0 Å². The van der Waals surface area contributed by atoms with Crippen molar-refractivity contribution in [3.05, 3.63) is 12.8 Å². The van der Waals surface area contributed by atoms with Gasteiger partial charge in [-0.15, -0.1) is 0 Å². The van der Waals surface area contributed by atoms with Gasteiger partial charge in [-0.1, -0.05) is 6.58 Å². The molecule has 0 aromatic rings. The summed E-state index contributed by atoms with van der Waals surface area (Å²) in [7, 11) is 0. The van der Waals surface area contributed by atoms with Gasteiger partial charge in [0.15, 0.2) is 0 Å². The molecule has 0 aromatic carbocycles. The molecule has 0 amide bonds. The second-order valence-electron chi connectivity index (χ2n) is 0.363. The summed E-state index contributed by atoms with van der Waals surface area (Å²) < 4.78 is 12.3. The first-order chi connectivity index (χ1) is 2.41. The Labute approximate surface area is 33.8 Å². The predicted octanol–water partition coefficient (Wildman–Crippen LogP) is 0.526. The Balaban J connectivity index is 3.31. The Kier molecular flexibility index (Phi) is 3.25. The number of hydrogen-bond acceptors (Lipinski definition) is 2. The van der Waals surface area contributed by atoms with Crippen LogP contribution in [0.4, 0.5) is 0 Å². The van der Waals surface area contributed by atoms with Crippen molar-refractivity contribution >= 4 is 11.5 Å². The smallest absolute Gasteiger partial charge is 0.191 e. The Morgan fingerprint density at radius 2 is 2.60 bits per heavy atom. The highest BCUT2D eigenvalue weighted by atomic mass is 32.1. The van der Waals surface area contributed by atoms with Gasteiger partial charge in [0, 0.05) is 6.20 Å². The Morgan fingerprint density at radius 3 is 2.60 bits per heavy atom. The zero-order chi connectivity index (χ0) is 4.12. The van der Waals surface area contributed by atoms with E-state index >= 15 is 0 Å². The van der Waals surface area contributed by atoms with Crippen LogP contribution in [0.25, 0.3) is 0 Å². The van der Waals surface area contributed by atoms with E-state index in [2.05, 4.69) is 10.9 Å². The lowest BCUT2D eigenvalue weighted by atomic mass is 11.1. The number of rotatable bonds is 1. The van der Waals surface area contributed by atoms with E-state index in [1.165, 1.54) is 6.20 Å². The fourth-order valence-electron chi connectivity index (χ4n) is 0.0304. The van der Waals surface area contributed by atoms with Crippen LogP contribution in [-0.2, 0) is 11.5 Å². The van der Waals surface area contributed by atoms with E-state index in [4.69, 9.17) is 0 Å². The molecule has 0 N–H and O–H groups in total.